The first-order valence-corrected chi connectivity index (χ1v) is 7.25. The van der Waals surface area contributed by atoms with E-state index < -0.39 is 11.5 Å². The molecule has 0 heterocycles. The molecule has 0 amide bonds. The number of carbonyl (C=O) groups is 1. The molecule has 0 saturated heterocycles. The van der Waals surface area contributed by atoms with Crippen molar-refractivity contribution in [3.63, 3.8) is 0 Å². The average molecular weight is 281 g/mol. The molecule has 1 atom stereocenters. The Labute approximate surface area is 124 Å². The van der Waals surface area contributed by atoms with Crippen molar-refractivity contribution < 1.29 is 9.90 Å². The smallest absolute Gasteiger partial charge is 0.329 e. The highest BCUT2D eigenvalue weighted by molar-refractivity contribution is 5.84. The van der Waals surface area contributed by atoms with Crippen LogP contribution < -0.4 is 5.32 Å². The SMILES string of the molecule is Cc1ccccc1NC1(C(=O)O)CCc2ccccc2C1. The van der Waals surface area contributed by atoms with Crippen LogP contribution in [0.1, 0.15) is 23.1 Å². The van der Waals surface area contributed by atoms with Gasteiger partial charge in [0.2, 0.25) is 0 Å². The fourth-order valence-corrected chi connectivity index (χ4v) is 3.05. The monoisotopic (exact) mass is 281 g/mol. The van der Waals surface area contributed by atoms with Crippen LogP contribution in [0.15, 0.2) is 48.5 Å². The average Bonchev–Trinajstić information content (AvgIpc) is 2.49. The third-order valence-corrected chi connectivity index (χ3v) is 4.36. The summed E-state index contributed by atoms with van der Waals surface area (Å²) < 4.78 is 0. The molecule has 0 fully saturated rings. The Morgan fingerprint density at radius 2 is 1.76 bits per heavy atom. The fraction of sp³-hybridized carbons (Fsp3) is 0.278. The van der Waals surface area contributed by atoms with Crippen LogP contribution in [-0.4, -0.2) is 16.6 Å². The summed E-state index contributed by atoms with van der Waals surface area (Å²) >= 11 is 0. The zero-order valence-electron chi connectivity index (χ0n) is 12.1. The molecular formula is C18H19NO2. The van der Waals surface area contributed by atoms with E-state index in [9.17, 15) is 9.90 Å². The fourth-order valence-electron chi connectivity index (χ4n) is 3.05. The second-order valence-corrected chi connectivity index (χ2v) is 5.77. The number of benzene rings is 2. The summed E-state index contributed by atoms with van der Waals surface area (Å²) in [5.41, 5.74) is 3.45. The maximum absolute atomic E-state index is 11.9. The van der Waals surface area contributed by atoms with E-state index >= 15 is 0 Å². The molecule has 0 saturated carbocycles. The predicted octanol–water partition coefficient (Wildman–Crippen LogP) is 3.42. The second kappa shape index (κ2) is 5.24. The summed E-state index contributed by atoms with van der Waals surface area (Å²) in [5.74, 6) is -0.778. The Balaban J connectivity index is 1.96. The molecule has 0 aliphatic heterocycles. The molecular weight excluding hydrogens is 262 g/mol. The van der Waals surface area contributed by atoms with Crippen LogP contribution in [0, 0.1) is 6.92 Å². The van der Waals surface area contributed by atoms with Crippen molar-refractivity contribution in [1.29, 1.82) is 0 Å². The molecule has 1 unspecified atom stereocenters. The zero-order chi connectivity index (χ0) is 14.9. The number of nitrogens with one attached hydrogen (secondary N) is 1. The van der Waals surface area contributed by atoms with Crippen molar-refractivity contribution in [3.8, 4) is 0 Å². The summed E-state index contributed by atoms with van der Waals surface area (Å²) in [6.07, 6.45) is 1.92. The Morgan fingerprint density at radius 3 is 2.48 bits per heavy atom. The number of carboxylic acids is 1. The number of fused-ring (bicyclic) bond motifs is 1. The standard InChI is InChI=1S/C18H19NO2/c1-13-6-2-5-9-16(13)19-18(17(20)21)11-10-14-7-3-4-8-15(14)12-18/h2-9,19H,10-12H2,1H3,(H,20,21). The number of carboxylic acid groups (broad SMARTS) is 1. The van der Waals surface area contributed by atoms with E-state index in [1.165, 1.54) is 5.56 Å². The number of hydrogen-bond acceptors (Lipinski definition) is 2. The molecule has 0 bridgehead atoms. The summed E-state index contributed by atoms with van der Waals surface area (Å²) in [5, 5.41) is 13.1. The quantitative estimate of drug-likeness (QED) is 0.906. The largest absolute Gasteiger partial charge is 0.479 e. The van der Waals surface area contributed by atoms with Gasteiger partial charge in [0, 0.05) is 12.1 Å². The van der Waals surface area contributed by atoms with E-state index in [1.54, 1.807) is 0 Å². The van der Waals surface area contributed by atoms with Gasteiger partial charge in [0.1, 0.15) is 5.54 Å². The lowest BCUT2D eigenvalue weighted by molar-refractivity contribution is -0.142. The van der Waals surface area contributed by atoms with Crippen LogP contribution in [0.5, 0.6) is 0 Å². The van der Waals surface area contributed by atoms with Crippen LogP contribution in [0.2, 0.25) is 0 Å². The van der Waals surface area contributed by atoms with E-state index in [0.29, 0.717) is 12.8 Å². The van der Waals surface area contributed by atoms with Crippen molar-refractivity contribution in [2.24, 2.45) is 0 Å². The predicted molar refractivity (Wildman–Crippen MR) is 83.6 cm³/mol. The van der Waals surface area contributed by atoms with Gasteiger partial charge in [-0.2, -0.15) is 0 Å². The summed E-state index contributed by atoms with van der Waals surface area (Å²) in [4.78, 5) is 11.9. The molecule has 2 N–H and O–H groups in total. The lowest BCUT2D eigenvalue weighted by Crippen LogP contribution is -2.50. The highest BCUT2D eigenvalue weighted by Crippen LogP contribution is 2.32. The van der Waals surface area contributed by atoms with E-state index in [2.05, 4.69) is 11.4 Å². The number of aliphatic carboxylic acids is 1. The molecule has 0 aromatic heterocycles. The van der Waals surface area contributed by atoms with E-state index in [0.717, 1.165) is 23.2 Å². The third-order valence-electron chi connectivity index (χ3n) is 4.36. The van der Waals surface area contributed by atoms with Crippen LogP contribution in [0.25, 0.3) is 0 Å². The van der Waals surface area contributed by atoms with Gasteiger partial charge in [-0.1, -0.05) is 42.5 Å². The maximum Gasteiger partial charge on any atom is 0.329 e. The number of aryl methyl sites for hydroxylation is 2. The van der Waals surface area contributed by atoms with Gasteiger partial charge in [0.25, 0.3) is 0 Å². The minimum absolute atomic E-state index is 0.521. The number of rotatable bonds is 3. The second-order valence-electron chi connectivity index (χ2n) is 5.77. The van der Waals surface area contributed by atoms with Crippen molar-refractivity contribution >= 4 is 11.7 Å². The van der Waals surface area contributed by atoms with Gasteiger partial charge in [-0.05, 0) is 42.5 Å². The normalized spacial score (nSPS) is 20.6. The summed E-state index contributed by atoms with van der Waals surface area (Å²) in [6, 6.07) is 16.0. The van der Waals surface area contributed by atoms with Crippen LogP contribution >= 0.6 is 0 Å². The Morgan fingerprint density at radius 1 is 1.10 bits per heavy atom. The molecule has 0 spiro atoms. The molecule has 21 heavy (non-hydrogen) atoms. The highest BCUT2D eigenvalue weighted by Gasteiger charge is 2.41. The van der Waals surface area contributed by atoms with E-state index in [4.69, 9.17) is 0 Å². The Bertz CT molecular complexity index is 680. The lowest BCUT2D eigenvalue weighted by Gasteiger charge is -2.36. The van der Waals surface area contributed by atoms with Gasteiger partial charge in [0.15, 0.2) is 0 Å². The van der Waals surface area contributed by atoms with E-state index in [1.807, 2.05) is 49.4 Å². The number of anilines is 1. The molecule has 3 nitrogen and oxygen atoms in total. The lowest BCUT2D eigenvalue weighted by atomic mass is 9.77. The van der Waals surface area contributed by atoms with Crippen molar-refractivity contribution in [2.75, 3.05) is 5.32 Å². The minimum Gasteiger partial charge on any atom is -0.479 e. The van der Waals surface area contributed by atoms with Gasteiger partial charge in [-0.25, -0.2) is 4.79 Å². The first-order chi connectivity index (χ1) is 10.1. The van der Waals surface area contributed by atoms with Crippen molar-refractivity contribution in [1.82, 2.24) is 0 Å². The van der Waals surface area contributed by atoms with Gasteiger partial charge in [-0.15, -0.1) is 0 Å². The molecule has 1 aliphatic rings. The first kappa shape index (κ1) is 13.7. The van der Waals surface area contributed by atoms with E-state index in [-0.39, 0.29) is 0 Å². The zero-order valence-corrected chi connectivity index (χ0v) is 12.1. The number of para-hydroxylation sites is 1. The summed E-state index contributed by atoms with van der Waals surface area (Å²) in [6.45, 7) is 1.99. The minimum atomic E-state index is -0.916. The molecule has 108 valence electrons. The van der Waals surface area contributed by atoms with Gasteiger partial charge < -0.3 is 10.4 Å². The van der Waals surface area contributed by atoms with Crippen LogP contribution in [0.4, 0.5) is 5.69 Å². The molecule has 3 heteroatoms. The van der Waals surface area contributed by atoms with Crippen LogP contribution in [0.3, 0.4) is 0 Å². The summed E-state index contributed by atoms with van der Waals surface area (Å²) in [7, 11) is 0. The Hall–Kier alpha value is -2.29. The highest BCUT2D eigenvalue weighted by atomic mass is 16.4. The Kier molecular flexibility index (Phi) is 3.42. The topological polar surface area (TPSA) is 49.3 Å². The van der Waals surface area contributed by atoms with Crippen LogP contribution in [-0.2, 0) is 17.6 Å². The van der Waals surface area contributed by atoms with Gasteiger partial charge >= 0.3 is 5.97 Å². The first-order valence-electron chi connectivity index (χ1n) is 7.25. The maximum atomic E-state index is 11.9. The third kappa shape index (κ3) is 2.51. The van der Waals surface area contributed by atoms with Crippen molar-refractivity contribution in [2.45, 2.75) is 31.7 Å². The molecule has 1 aliphatic carbocycles. The molecule has 0 radical (unpaired) electrons. The van der Waals surface area contributed by atoms with Gasteiger partial charge in [-0.3, -0.25) is 0 Å². The van der Waals surface area contributed by atoms with Gasteiger partial charge in [0.05, 0.1) is 0 Å². The molecule has 2 aromatic carbocycles. The number of hydrogen-bond donors (Lipinski definition) is 2. The molecule has 2 aromatic rings. The van der Waals surface area contributed by atoms with Crippen molar-refractivity contribution in [3.05, 3.63) is 65.2 Å². The molecule has 3 rings (SSSR count).